The molecule has 3 rings (SSSR count). The lowest BCUT2D eigenvalue weighted by Crippen LogP contribution is -2.30. The van der Waals surface area contributed by atoms with E-state index in [1.807, 2.05) is 6.07 Å². The number of carbonyl (C=O) groups excluding carboxylic acids is 1. The maximum atomic E-state index is 13.2. The molecular formula is C22H25FN2O5. The first-order valence-electron chi connectivity index (χ1n) is 9.96. The van der Waals surface area contributed by atoms with Gasteiger partial charge in [-0.1, -0.05) is 24.6 Å². The number of halogens is 1. The Morgan fingerprint density at radius 1 is 1.07 bits per heavy atom. The molecule has 1 aromatic carbocycles. The van der Waals surface area contributed by atoms with Crippen LogP contribution in [0.5, 0.6) is 0 Å². The zero-order valence-electron chi connectivity index (χ0n) is 16.6. The molecule has 1 amide bonds. The Labute approximate surface area is 174 Å². The molecule has 2 unspecified atom stereocenters. The molecule has 1 saturated carbocycles. The van der Waals surface area contributed by atoms with Crippen molar-refractivity contribution >= 4 is 23.4 Å². The van der Waals surface area contributed by atoms with Crippen LogP contribution < -0.4 is 4.90 Å². The molecule has 0 bridgehead atoms. The molecule has 2 atom stereocenters. The molecule has 1 aliphatic carbocycles. The molecule has 1 heterocycles. The van der Waals surface area contributed by atoms with Crippen LogP contribution in [-0.2, 0) is 14.3 Å². The van der Waals surface area contributed by atoms with E-state index in [-0.39, 0.29) is 25.0 Å². The van der Waals surface area contributed by atoms with E-state index in [1.165, 1.54) is 23.2 Å². The molecule has 160 valence electrons. The number of benzene rings is 1. The second-order valence-electron chi connectivity index (χ2n) is 7.39. The first-order valence-corrected chi connectivity index (χ1v) is 9.96. The Hall–Kier alpha value is -3.00. The summed E-state index contributed by atoms with van der Waals surface area (Å²) < 4.78 is 24.0. The summed E-state index contributed by atoms with van der Waals surface area (Å²) in [6.07, 6.45) is 4.44. The number of ether oxygens (including phenoxy) is 2. The van der Waals surface area contributed by atoms with E-state index in [2.05, 4.69) is 4.98 Å². The molecule has 1 aliphatic rings. The number of carbonyl (C=O) groups is 2. The summed E-state index contributed by atoms with van der Waals surface area (Å²) in [6, 6.07) is 11.6. The van der Waals surface area contributed by atoms with Crippen molar-refractivity contribution in [1.29, 1.82) is 0 Å². The number of anilines is 2. The van der Waals surface area contributed by atoms with Gasteiger partial charge in [0.2, 0.25) is 5.95 Å². The molecule has 30 heavy (non-hydrogen) atoms. The highest BCUT2D eigenvalue weighted by Crippen LogP contribution is 2.31. The van der Waals surface area contributed by atoms with Gasteiger partial charge in [-0.2, -0.15) is 4.39 Å². The van der Waals surface area contributed by atoms with Crippen LogP contribution >= 0.6 is 0 Å². The van der Waals surface area contributed by atoms with Crippen LogP contribution in [0.25, 0.3) is 0 Å². The lowest BCUT2D eigenvalue weighted by Gasteiger charge is -2.29. The van der Waals surface area contributed by atoms with Crippen LogP contribution in [0.15, 0.2) is 48.7 Å². The number of aliphatic carboxylic acids is 1. The van der Waals surface area contributed by atoms with Gasteiger partial charge >= 0.3 is 12.1 Å². The summed E-state index contributed by atoms with van der Waals surface area (Å²) in [5.41, 5.74) is 1.01. The quantitative estimate of drug-likeness (QED) is 0.642. The van der Waals surface area contributed by atoms with Gasteiger partial charge in [0.1, 0.15) is 6.61 Å². The van der Waals surface area contributed by atoms with Gasteiger partial charge in [0.15, 0.2) is 0 Å². The van der Waals surface area contributed by atoms with Gasteiger partial charge < -0.3 is 14.6 Å². The van der Waals surface area contributed by atoms with E-state index >= 15 is 0 Å². The molecule has 0 spiro atoms. The number of hydrogen-bond donors (Lipinski definition) is 1. The van der Waals surface area contributed by atoms with Crippen LogP contribution in [0.3, 0.4) is 0 Å². The second kappa shape index (κ2) is 10.7. The van der Waals surface area contributed by atoms with Gasteiger partial charge in [-0.05, 0) is 55.4 Å². The van der Waals surface area contributed by atoms with Crippen molar-refractivity contribution < 1.29 is 28.6 Å². The number of rotatable bonds is 8. The summed E-state index contributed by atoms with van der Waals surface area (Å²) in [5, 5.41) is 8.68. The first-order chi connectivity index (χ1) is 14.5. The summed E-state index contributed by atoms with van der Waals surface area (Å²) in [6.45, 7) is 0.355. The number of carboxylic acids is 1. The Morgan fingerprint density at radius 2 is 1.80 bits per heavy atom. The molecule has 8 heteroatoms. The third-order valence-corrected chi connectivity index (χ3v) is 5.08. The zero-order valence-corrected chi connectivity index (χ0v) is 16.6. The maximum Gasteiger partial charge on any atom is 0.419 e. The van der Waals surface area contributed by atoms with Crippen LogP contribution in [0, 0.1) is 17.8 Å². The molecule has 1 fully saturated rings. The molecule has 2 aromatic rings. The highest BCUT2D eigenvalue weighted by Gasteiger charge is 2.26. The third-order valence-electron chi connectivity index (χ3n) is 5.08. The normalized spacial score (nSPS) is 18.6. The molecule has 0 aliphatic heterocycles. The zero-order chi connectivity index (χ0) is 21.3. The smallest absolute Gasteiger partial charge is 0.419 e. The summed E-state index contributed by atoms with van der Waals surface area (Å²) in [4.78, 5) is 28.5. The maximum absolute atomic E-state index is 13.2. The summed E-state index contributed by atoms with van der Waals surface area (Å²) in [5.74, 6) is -1.16. The fourth-order valence-electron chi connectivity index (χ4n) is 3.71. The average molecular weight is 416 g/mol. The van der Waals surface area contributed by atoms with Gasteiger partial charge in [-0.3, -0.25) is 0 Å². The minimum Gasteiger partial charge on any atom is -0.480 e. The molecular weight excluding hydrogens is 391 g/mol. The standard InChI is InChI=1S/C22H25FN2O5/c23-20-10-9-19(12-24-20)25(18-7-2-1-3-8-18)22(28)30-14-17-6-4-5-16(11-17)13-29-15-21(26)27/h1-3,7-10,12,16-17H,4-6,11,13-15H2,(H,26,27). The second-order valence-corrected chi connectivity index (χ2v) is 7.39. The van der Waals surface area contributed by atoms with Gasteiger partial charge in [0.05, 0.1) is 30.8 Å². The van der Waals surface area contributed by atoms with Crippen LogP contribution in [0.4, 0.5) is 20.6 Å². The fraction of sp³-hybridized carbons (Fsp3) is 0.409. The molecule has 1 N–H and O–H groups in total. The SMILES string of the molecule is O=C(O)COCC1CCCC(COC(=O)N(c2ccccc2)c2ccc(F)nc2)C1. The van der Waals surface area contributed by atoms with E-state index < -0.39 is 18.0 Å². The number of aromatic nitrogens is 1. The Bertz CT molecular complexity index is 831. The predicted molar refractivity (Wildman–Crippen MR) is 108 cm³/mol. The van der Waals surface area contributed by atoms with E-state index in [0.717, 1.165) is 25.7 Å². The number of pyridine rings is 1. The Kier molecular flexibility index (Phi) is 7.73. The number of nitrogens with zero attached hydrogens (tertiary/aromatic N) is 2. The van der Waals surface area contributed by atoms with Gasteiger partial charge in [0, 0.05) is 0 Å². The van der Waals surface area contributed by atoms with Crippen molar-refractivity contribution in [1.82, 2.24) is 4.98 Å². The lowest BCUT2D eigenvalue weighted by molar-refractivity contribution is -0.142. The fourth-order valence-corrected chi connectivity index (χ4v) is 3.71. The van der Waals surface area contributed by atoms with Gasteiger partial charge in [-0.25, -0.2) is 19.5 Å². The van der Waals surface area contributed by atoms with Crippen molar-refractivity contribution in [2.24, 2.45) is 11.8 Å². The van der Waals surface area contributed by atoms with E-state index in [9.17, 15) is 14.0 Å². The van der Waals surface area contributed by atoms with Gasteiger partial charge in [0.25, 0.3) is 0 Å². The molecule has 0 saturated heterocycles. The van der Waals surface area contributed by atoms with Crippen LogP contribution in [-0.4, -0.2) is 42.0 Å². The highest BCUT2D eigenvalue weighted by molar-refractivity contribution is 5.95. The van der Waals surface area contributed by atoms with Crippen molar-refractivity contribution in [3.63, 3.8) is 0 Å². The predicted octanol–water partition coefficient (Wildman–Crippen LogP) is 4.40. The highest BCUT2D eigenvalue weighted by atomic mass is 19.1. The topological polar surface area (TPSA) is 89.0 Å². The molecule has 1 aromatic heterocycles. The largest absolute Gasteiger partial charge is 0.480 e. The average Bonchev–Trinajstić information content (AvgIpc) is 2.75. The summed E-state index contributed by atoms with van der Waals surface area (Å²) >= 11 is 0. The Balaban J connectivity index is 1.60. The van der Waals surface area contributed by atoms with Crippen molar-refractivity contribution in [3.8, 4) is 0 Å². The first kappa shape index (κ1) is 21.7. The molecule has 0 radical (unpaired) electrons. The number of hydrogen-bond acceptors (Lipinski definition) is 5. The third kappa shape index (κ3) is 6.25. The van der Waals surface area contributed by atoms with Crippen molar-refractivity contribution in [3.05, 3.63) is 54.6 Å². The van der Waals surface area contributed by atoms with Gasteiger partial charge in [-0.15, -0.1) is 0 Å². The Morgan fingerprint density at radius 3 is 2.47 bits per heavy atom. The number of carboxylic acid groups (broad SMARTS) is 1. The minimum absolute atomic E-state index is 0.185. The molecule has 7 nitrogen and oxygen atoms in total. The van der Waals surface area contributed by atoms with Crippen molar-refractivity contribution in [2.75, 3.05) is 24.7 Å². The summed E-state index contributed by atoms with van der Waals surface area (Å²) in [7, 11) is 0. The van der Waals surface area contributed by atoms with Crippen molar-refractivity contribution in [2.45, 2.75) is 25.7 Å². The van der Waals surface area contributed by atoms with Crippen LogP contribution in [0.2, 0.25) is 0 Å². The van der Waals surface area contributed by atoms with Crippen LogP contribution in [0.1, 0.15) is 25.7 Å². The lowest BCUT2D eigenvalue weighted by atomic mass is 9.82. The minimum atomic E-state index is -0.979. The number of para-hydroxylation sites is 1. The van der Waals surface area contributed by atoms with E-state index in [0.29, 0.717) is 18.0 Å². The number of amides is 1. The van der Waals surface area contributed by atoms with E-state index in [1.54, 1.807) is 24.3 Å². The van der Waals surface area contributed by atoms with E-state index in [4.69, 9.17) is 14.6 Å². The monoisotopic (exact) mass is 416 g/mol.